The van der Waals surface area contributed by atoms with Crippen molar-refractivity contribution in [3.63, 3.8) is 0 Å². The Labute approximate surface area is 77.2 Å². The maximum absolute atomic E-state index is 9.58. The van der Waals surface area contributed by atoms with E-state index in [-0.39, 0.29) is 0 Å². The highest BCUT2D eigenvalue weighted by atomic mass is 16.7. The van der Waals surface area contributed by atoms with Crippen LogP contribution >= 0.6 is 0 Å². The lowest BCUT2D eigenvalue weighted by Gasteiger charge is -2.20. The van der Waals surface area contributed by atoms with Gasteiger partial charge in [-0.3, -0.25) is 0 Å². The largest absolute Gasteiger partial charge is 0.391 e. The molecule has 0 amide bonds. The third-order valence-corrected chi connectivity index (χ3v) is 2.21. The van der Waals surface area contributed by atoms with Gasteiger partial charge in [-0.2, -0.15) is 0 Å². The molecule has 0 saturated carbocycles. The molecule has 0 aromatic heterocycles. The van der Waals surface area contributed by atoms with Gasteiger partial charge in [-0.25, -0.2) is 0 Å². The second-order valence-corrected chi connectivity index (χ2v) is 3.14. The van der Waals surface area contributed by atoms with Gasteiger partial charge in [0.25, 0.3) is 0 Å². The maximum Gasteiger partial charge on any atom is 0.186 e. The van der Waals surface area contributed by atoms with Crippen molar-refractivity contribution in [2.45, 2.75) is 37.6 Å². The van der Waals surface area contributed by atoms with Crippen LogP contribution in [0.3, 0.4) is 0 Å². The van der Waals surface area contributed by atoms with Crippen LogP contribution in [0.4, 0.5) is 0 Å². The molecule has 1 saturated heterocycles. The summed E-state index contributed by atoms with van der Waals surface area (Å²) in [5.41, 5.74) is 0. The highest BCUT2D eigenvalue weighted by molar-refractivity contribution is 4.90. The van der Waals surface area contributed by atoms with Crippen molar-refractivity contribution in [2.75, 3.05) is 14.2 Å². The number of hydrogen-bond donors (Lipinski definition) is 2. The van der Waals surface area contributed by atoms with Crippen LogP contribution in [0, 0.1) is 0 Å². The molecule has 1 aliphatic rings. The molecule has 0 bridgehead atoms. The number of methoxy groups -OCH3 is 2. The summed E-state index contributed by atoms with van der Waals surface area (Å²) in [6.07, 6.45) is -3.34. The van der Waals surface area contributed by atoms with Gasteiger partial charge in [0.05, 0.1) is 6.10 Å². The van der Waals surface area contributed by atoms with E-state index in [1.165, 1.54) is 14.2 Å². The second-order valence-electron chi connectivity index (χ2n) is 3.14. The van der Waals surface area contributed by atoms with E-state index in [4.69, 9.17) is 14.2 Å². The summed E-state index contributed by atoms with van der Waals surface area (Å²) in [6, 6.07) is 0. The molecule has 1 heterocycles. The third-order valence-electron chi connectivity index (χ3n) is 2.21. The first kappa shape index (κ1) is 10.9. The zero-order valence-electron chi connectivity index (χ0n) is 8.01. The van der Waals surface area contributed by atoms with E-state index in [2.05, 4.69) is 0 Å². The minimum atomic E-state index is -0.852. The number of ether oxygens (including phenoxy) is 3. The predicted octanol–water partition coefficient (Wildman–Crippen LogP) is -0.886. The van der Waals surface area contributed by atoms with Gasteiger partial charge < -0.3 is 24.4 Å². The summed E-state index contributed by atoms with van der Waals surface area (Å²) in [5, 5.41) is 18.9. The molecular formula is C8H16O5. The monoisotopic (exact) mass is 192 g/mol. The smallest absolute Gasteiger partial charge is 0.186 e. The topological polar surface area (TPSA) is 68.2 Å². The molecule has 13 heavy (non-hydrogen) atoms. The summed E-state index contributed by atoms with van der Waals surface area (Å²) in [5.74, 6) is 0. The molecule has 5 nitrogen and oxygen atoms in total. The van der Waals surface area contributed by atoms with Crippen LogP contribution in [0.1, 0.15) is 6.92 Å². The summed E-state index contributed by atoms with van der Waals surface area (Å²) in [4.78, 5) is 0. The first-order valence-corrected chi connectivity index (χ1v) is 4.19. The van der Waals surface area contributed by atoms with E-state index in [1.807, 2.05) is 0 Å². The first-order chi connectivity index (χ1) is 6.11. The first-order valence-electron chi connectivity index (χ1n) is 4.19. The Hall–Kier alpha value is -0.200. The third kappa shape index (κ3) is 2.00. The van der Waals surface area contributed by atoms with Crippen molar-refractivity contribution in [1.29, 1.82) is 0 Å². The molecule has 78 valence electrons. The normalized spacial score (nSPS) is 42.2. The molecular weight excluding hydrogens is 176 g/mol. The molecule has 1 rings (SSSR count). The number of rotatable bonds is 3. The molecule has 1 fully saturated rings. The van der Waals surface area contributed by atoms with Crippen molar-refractivity contribution < 1.29 is 24.4 Å². The van der Waals surface area contributed by atoms with E-state index >= 15 is 0 Å². The fourth-order valence-corrected chi connectivity index (χ4v) is 1.52. The molecule has 0 aromatic carbocycles. The van der Waals surface area contributed by atoms with Crippen molar-refractivity contribution in [1.82, 2.24) is 0 Å². The average molecular weight is 192 g/mol. The van der Waals surface area contributed by atoms with E-state index in [9.17, 15) is 10.2 Å². The summed E-state index contributed by atoms with van der Waals surface area (Å²) in [6.45, 7) is 1.58. The molecule has 5 unspecified atom stereocenters. The quantitative estimate of drug-likeness (QED) is 0.607. The number of aliphatic hydroxyl groups excluding tert-OH is 2. The van der Waals surface area contributed by atoms with Gasteiger partial charge in [0.2, 0.25) is 0 Å². The highest BCUT2D eigenvalue weighted by Crippen LogP contribution is 2.25. The minimum absolute atomic E-state index is 0.537. The highest BCUT2D eigenvalue weighted by Gasteiger charge is 2.46. The lowest BCUT2D eigenvalue weighted by atomic mass is 10.1. The van der Waals surface area contributed by atoms with Gasteiger partial charge in [-0.15, -0.1) is 0 Å². The van der Waals surface area contributed by atoms with Gasteiger partial charge in [0.15, 0.2) is 6.29 Å². The Bertz CT molecular complexity index is 161. The molecule has 0 aromatic rings. The summed E-state index contributed by atoms with van der Waals surface area (Å²) >= 11 is 0. The summed E-state index contributed by atoms with van der Waals surface area (Å²) < 4.78 is 15.1. The zero-order chi connectivity index (χ0) is 10.0. The van der Waals surface area contributed by atoms with Gasteiger partial charge in [-0.05, 0) is 6.92 Å². The van der Waals surface area contributed by atoms with Crippen LogP contribution in [-0.2, 0) is 14.2 Å². The lowest BCUT2D eigenvalue weighted by Crippen LogP contribution is -2.39. The van der Waals surface area contributed by atoms with Crippen LogP contribution in [-0.4, -0.2) is 55.1 Å². The standard InChI is InChI=1S/C8H16O5/c1-4(9)6-7(11-2)5(10)8(12-3)13-6/h4-10H,1-3H3. The van der Waals surface area contributed by atoms with Gasteiger partial charge >= 0.3 is 0 Å². The Balaban J connectivity index is 2.66. The Morgan fingerprint density at radius 3 is 2.23 bits per heavy atom. The summed E-state index contributed by atoms with van der Waals surface area (Å²) in [7, 11) is 2.90. The van der Waals surface area contributed by atoms with Crippen LogP contribution in [0.25, 0.3) is 0 Å². The Kier molecular flexibility index (Phi) is 3.63. The number of hydrogen-bond acceptors (Lipinski definition) is 5. The maximum atomic E-state index is 9.58. The zero-order valence-corrected chi connectivity index (χ0v) is 8.01. The molecule has 0 aliphatic carbocycles. The van der Waals surface area contributed by atoms with E-state index in [1.54, 1.807) is 6.92 Å². The Morgan fingerprint density at radius 2 is 1.92 bits per heavy atom. The van der Waals surface area contributed by atoms with Crippen molar-refractivity contribution in [2.24, 2.45) is 0 Å². The van der Waals surface area contributed by atoms with E-state index in [0.29, 0.717) is 0 Å². The van der Waals surface area contributed by atoms with Crippen LogP contribution in [0.15, 0.2) is 0 Å². The van der Waals surface area contributed by atoms with Crippen LogP contribution < -0.4 is 0 Å². The second kappa shape index (κ2) is 4.34. The molecule has 1 aliphatic heterocycles. The van der Waals surface area contributed by atoms with E-state index < -0.39 is 30.7 Å². The predicted molar refractivity (Wildman–Crippen MR) is 44.2 cm³/mol. The van der Waals surface area contributed by atoms with Crippen molar-refractivity contribution in [3.8, 4) is 0 Å². The van der Waals surface area contributed by atoms with Crippen molar-refractivity contribution in [3.05, 3.63) is 0 Å². The van der Waals surface area contributed by atoms with Crippen LogP contribution in [0.5, 0.6) is 0 Å². The van der Waals surface area contributed by atoms with E-state index in [0.717, 1.165) is 0 Å². The molecule has 2 N–H and O–H groups in total. The number of aliphatic hydroxyl groups is 2. The SMILES string of the molecule is COC1OC(C(C)O)C(OC)C1O. The molecule has 5 heteroatoms. The van der Waals surface area contributed by atoms with Gasteiger partial charge in [0, 0.05) is 14.2 Å². The van der Waals surface area contributed by atoms with Crippen LogP contribution in [0.2, 0.25) is 0 Å². The average Bonchev–Trinajstić information content (AvgIpc) is 2.42. The van der Waals surface area contributed by atoms with Crippen molar-refractivity contribution >= 4 is 0 Å². The minimum Gasteiger partial charge on any atom is -0.391 e. The van der Waals surface area contributed by atoms with Gasteiger partial charge in [-0.1, -0.05) is 0 Å². The lowest BCUT2D eigenvalue weighted by molar-refractivity contribution is -0.161. The molecule has 5 atom stereocenters. The fourth-order valence-electron chi connectivity index (χ4n) is 1.52. The molecule has 0 spiro atoms. The van der Waals surface area contributed by atoms with Gasteiger partial charge in [0.1, 0.15) is 18.3 Å². The Morgan fingerprint density at radius 1 is 1.31 bits per heavy atom. The molecule has 0 radical (unpaired) electrons. The fraction of sp³-hybridized carbons (Fsp3) is 1.00.